The molecule has 0 bridgehead atoms. The van der Waals surface area contributed by atoms with Crippen molar-refractivity contribution in [2.24, 2.45) is 0 Å². The van der Waals surface area contributed by atoms with E-state index >= 15 is 0 Å². The quantitative estimate of drug-likeness (QED) is 0.326. The van der Waals surface area contributed by atoms with Crippen LogP contribution >= 0.6 is 51.3 Å². The third-order valence-corrected chi connectivity index (χ3v) is 4.02. The molecule has 0 spiro atoms. The van der Waals surface area contributed by atoms with Gasteiger partial charge in [-0.1, -0.05) is 19.4 Å². The van der Waals surface area contributed by atoms with Crippen LogP contribution in [0.2, 0.25) is 0 Å². The molecule has 2 heterocycles. The second-order valence-electron chi connectivity index (χ2n) is 4.93. The number of aryl methyl sites for hydroxylation is 1. The number of nitrogens with zero attached hydrogens (tertiary/aromatic N) is 1. The number of nitrogens with one attached hydrogen (secondary N) is 1. The van der Waals surface area contributed by atoms with Crippen LogP contribution in [-0.2, 0) is 27.1 Å². The second kappa shape index (κ2) is 12.7. The molecule has 2 aromatic rings. The number of halogens is 2. The van der Waals surface area contributed by atoms with Gasteiger partial charge in [-0.3, -0.25) is 4.79 Å². The SMILES string of the molecule is CCCCc1ncc(/C=C(\Cc2cccs2)C(C)=O)[nH]1.[I][V][I]. The number of unbranched alkanes of at least 4 members (excludes halogenated alkanes) is 1. The van der Waals surface area contributed by atoms with Crippen molar-refractivity contribution in [1.82, 2.24) is 9.97 Å². The molecule has 0 aliphatic carbocycles. The Bertz CT molecular complexity index is 611. The molecular formula is C16H20I2N2OSV. The van der Waals surface area contributed by atoms with Crippen LogP contribution in [0.3, 0.4) is 0 Å². The van der Waals surface area contributed by atoms with Crippen molar-refractivity contribution in [2.45, 2.75) is 39.5 Å². The fourth-order valence-electron chi connectivity index (χ4n) is 1.99. The Morgan fingerprint density at radius 2 is 2.22 bits per heavy atom. The van der Waals surface area contributed by atoms with Crippen LogP contribution in [-0.4, -0.2) is 15.8 Å². The van der Waals surface area contributed by atoms with Gasteiger partial charge < -0.3 is 4.98 Å². The van der Waals surface area contributed by atoms with E-state index in [0.29, 0.717) is 15.9 Å². The Hall–Kier alpha value is 0.364. The van der Waals surface area contributed by atoms with Crippen molar-refractivity contribution in [3.05, 3.63) is 45.7 Å². The molecule has 0 aliphatic heterocycles. The maximum atomic E-state index is 11.8. The number of rotatable bonds is 7. The topological polar surface area (TPSA) is 45.8 Å². The van der Waals surface area contributed by atoms with Gasteiger partial charge in [0.25, 0.3) is 0 Å². The Kier molecular flexibility index (Phi) is 11.8. The number of imidazole rings is 1. The molecule has 1 N–H and O–H groups in total. The number of H-pyrrole nitrogens is 1. The van der Waals surface area contributed by atoms with Gasteiger partial charge in [0.05, 0.1) is 11.9 Å². The molecule has 7 heteroatoms. The van der Waals surface area contributed by atoms with Crippen LogP contribution < -0.4 is 0 Å². The van der Waals surface area contributed by atoms with Crippen molar-refractivity contribution >= 4 is 63.2 Å². The molecule has 0 unspecified atom stereocenters. The summed E-state index contributed by atoms with van der Waals surface area (Å²) in [4.78, 5) is 20.6. The molecule has 0 saturated carbocycles. The van der Waals surface area contributed by atoms with E-state index < -0.39 is 0 Å². The molecule has 0 aromatic carbocycles. The van der Waals surface area contributed by atoms with Gasteiger partial charge in [-0.05, 0) is 30.9 Å². The summed E-state index contributed by atoms with van der Waals surface area (Å²) < 4.78 is 0. The van der Waals surface area contributed by atoms with Crippen LogP contribution in [0.4, 0.5) is 0 Å². The van der Waals surface area contributed by atoms with E-state index in [-0.39, 0.29) is 5.78 Å². The average molecular weight is 593 g/mol. The van der Waals surface area contributed by atoms with E-state index in [4.69, 9.17) is 0 Å². The van der Waals surface area contributed by atoms with E-state index in [2.05, 4.69) is 62.9 Å². The van der Waals surface area contributed by atoms with Gasteiger partial charge in [-0.25, -0.2) is 4.98 Å². The standard InChI is InChI=1S/C16H20N2OS.2HI.V/c1-3-4-7-16-17-11-14(18-16)9-13(12(2)19)10-15-6-5-8-20-15;;;/h5-6,8-9,11H,3-4,7,10H2,1-2H3,(H,17,18);2*1H;/q;;;+2/p-2/b13-9+;;;. The minimum absolute atomic E-state index is 0.114. The molecule has 3 nitrogen and oxygen atoms in total. The molecule has 0 fully saturated rings. The fourth-order valence-corrected chi connectivity index (χ4v) is 2.72. The minimum atomic E-state index is 0.114. The summed E-state index contributed by atoms with van der Waals surface area (Å²) in [7, 11) is 0.628. The summed E-state index contributed by atoms with van der Waals surface area (Å²) in [6, 6.07) is 4.07. The van der Waals surface area contributed by atoms with Crippen LogP contribution in [0.1, 0.15) is 43.1 Å². The third kappa shape index (κ3) is 8.85. The average Bonchev–Trinajstić information content (AvgIpc) is 3.17. The number of ketones is 1. The van der Waals surface area contributed by atoms with E-state index in [0.717, 1.165) is 36.4 Å². The van der Waals surface area contributed by atoms with Gasteiger partial charge in [0.2, 0.25) is 0 Å². The van der Waals surface area contributed by atoms with E-state index in [1.807, 2.05) is 23.7 Å². The molecule has 2 rings (SSSR count). The maximum absolute atomic E-state index is 11.8. The van der Waals surface area contributed by atoms with Crippen molar-refractivity contribution < 1.29 is 14.3 Å². The first-order valence-electron chi connectivity index (χ1n) is 7.30. The Morgan fingerprint density at radius 3 is 2.78 bits per heavy atom. The number of allylic oxidation sites excluding steroid dienone is 1. The fraction of sp³-hybridized carbons (Fsp3) is 0.375. The summed E-state index contributed by atoms with van der Waals surface area (Å²) in [6.45, 7) is 3.78. The molecule has 23 heavy (non-hydrogen) atoms. The van der Waals surface area contributed by atoms with Crippen LogP contribution in [0.5, 0.6) is 0 Å². The van der Waals surface area contributed by atoms with Gasteiger partial charge in [0.1, 0.15) is 5.82 Å². The van der Waals surface area contributed by atoms with E-state index in [1.165, 1.54) is 4.88 Å². The van der Waals surface area contributed by atoms with Gasteiger partial charge >= 0.3 is 49.4 Å². The van der Waals surface area contributed by atoms with Gasteiger partial charge in [-0.2, -0.15) is 0 Å². The molecule has 0 saturated heterocycles. The number of hydrogen-bond donors (Lipinski definition) is 1. The van der Waals surface area contributed by atoms with Crippen molar-refractivity contribution in [2.75, 3.05) is 0 Å². The van der Waals surface area contributed by atoms with Gasteiger partial charge in [0, 0.05) is 23.3 Å². The summed E-state index contributed by atoms with van der Waals surface area (Å²) in [6.07, 6.45) is 7.67. The van der Waals surface area contributed by atoms with Gasteiger partial charge in [0.15, 0.2) is 5.78 Å². The zero-order valence-corrected chi connectivity index (χ0v) is 19.7. The summed E-state index contributed by atoms with van der Waals surface area (Å²) in [5, 5.41) is 2.03. The third-order valence-electron chi connectivity index (χ3n) is 3.14. The van der Waals surface area contributed by atoms with Crippen molar-refractivity contribution in [3.63, 3.8) is 0 Å². The normalized spacial score (nSPS) is 10.9. The number of carbonyl (C=O) groups excluding carboxylic acids is 1. The summed E-state index contributed by atoms with van der Waals surface area (Å²) in [5.74, 6) is 1.11. The predicted molar refractivity (Wildman–Crippen MR) is 112 cm³/mol. The Morgan fingerprint density at radius 1 is 1.48 bits per heavy atom. The number of aromatic amines is 1. The molecule has 0 radical (unpaired) electrons. The second-order valence-corrected chi connectivity index (χ2v) is 17.8. The first-order chi connectivity index (χ1) is 11.1. The Labute approximate surface area is 171 Å². The zero-order chi connectivity index (χ0) is 17.1. The molecule has 125 valence electrons. The zero-order valence-electron chi connectivity index (χ0n) is 13.2. The monoisotopic (exact) mass is 593 g/mol. The van der Waals surface area contributed by atoms with Crippen molar-refractivity contribution in [3.8, 4) is 0 Å². The van der Waals surface area contributed by atoms with E-state index in [9.17, 15) is 4.79 Å². The molecule has 0 aliphatic rings. The number of carbonyl (C=O) groups is 1. The molecule has 0 amide bonds. The van der Waals surface area contributed by atoms with Crippen LogP contribution in [0, 0.1) is 0 Å². The van der Waals surface area contributed by atoms with Crippen LogP contribution in [0.25, 0.3) is 6.08 Å². The summed E-state index contributed by atoms with van der Waals surface area (Å²) >= 11 is 6.41. The number of Topliss-reactive ketones (excluding diaryl/α,β-unsaturated/α-hetero) is 1. The molecule has 2 aromatic heterocycles. The number of thiophene rings is 1. The van der Waals surface area contributed by atoms with E-state index in [1.54, 1.807) is 18.3 Å². The number of aromatic nitrogens is 2. The Balaban J connectivity index is 0.000000816. The van der Waals surface area contributed by atoms with Crippen molar-refractivity contribution in [1.29, 1.82) is 0 Å². The number of hydrogen-bond acceptors (Lipinski definition) is 3. The first-order valence-corrected chi connectivity index (χ1v) is 17.2. The molecule has 0 atom stereocenters. The van der Waals surface area contributed by atoms with Gasteiger partial charge in [-0.15, -0.1) is 11.3 Å². The molecular weight excluding hydrogens is 573 g/mol. The van der Waals surface area contributed by atoms with Crippen LogP contribution in [0.15, 0.2) is 29.3 Å². The summed E-state index contributed by atoms with van der Waals surface area (Å²) in [5.41, 5.74) is 1.73. The first kappa shape index (κ1) is 21.4. The predicted octanol–water partition coefficient (Wildman–Crippen LogP) is 5.80.